The quantitative estimate of drug-likeness (QED) is 0.861. The summed E-state index contributed by atoms with van der Waals surface area (Å²) in [5, 5.41) is 5.75. The number of hydrogen-bond donors (Lipinski definition) is 2. The van der Waals surface area contributed by atoms with Crippen LogP contribution in [0.3, 0.4) is 0 Å². The molecule has 0 atom stereocenters. The molecule has 2 rings (SSSR count). The molecule has 0 aromatic carbocycles. The molecule has 1 aliphatic heterocycles. The molecule has 0 bridgehead atoms. The van der Waals surface area contributed by atoms with Crippen LogP contribution in [-0.2, 0) is 11.3 Å². The summed E-state index contributed by atoms with van der Waals surface area (Å²) in [7, 11) is 0. The molecule has 0 unspecified atom stereocenters. The number of urea groups is 1. The minimum atomic E-state index is -0.171. The van der Waals surface area contributed by atoms with Crippen molar-refractivity contribution in [1.82, 2.24) is 20.5 Å². The summed E-state index contributed by atoms with van der Waals surface area (Å²) in [6, 6.07) is 3.72. The van der Waals surface area contributed by atoms with E-state index < -0.39 is 0 Å². The first kappa shape index (κ1) is 14.3. The van der Waals surface area contributed by atoms with Gasteiger partial charge >= 0.3 is 6.03 Å². The minimum Gasteiger partial charge on any atom is -0.343 e. The highest BCUT2D eigenvalue weighted by molar-refractivity contribution is 5.74. The Balaban J connectivity index is 1.69. The largest absolute Gasteiger partial charge is 0.343 e. The second-order valence-corrected chi connectivity index (χ2v) is 4.97. The maximum absolute atomic E-state index is 11.8. The molecule has 108 valence electrons. The second-order valence-electron chi connectivity index (χ2n) is 4.97. The molecule has 1 fully saturated rings. The van der Waals surface area contributed by atoms with Gasteiger partial charge in [-0.15, -0.1) is 0 Å². The molecule has 1 saturated heterocycles. The van der Waals surface area contributed by atoms with E-state index in [0.29, 0.717) is 19.6 Å². The fraction of sp³-hybridized carbons (Fsp3) is 0.500. The van der Waals surface area contributed by atoms with Crippen LogP contribution in [0.1, 0.15) is 25.3 Å². The minimum absolute atomic E-state index is 0.101. The summed E-state index contributed by atoms with van der Waals surface area (Å²) < 4.78 is 0. The van der Waals surface area contributed by atoms with Crippen LogP contribution in [0.25, 0.3) is 0 Å². The molecule has 2 N–H and O–H groups in total. The average molecular weight is 276 g/mol. The SMILES string of the molecule is CC(=O)N1CCC(NC(=O)NCc2cccnc2)CC1. The Bertz CT molecular complexity index is 456. The Hall–Kier alpha value is -2.11. The molecule has 0 saturated carbocycles. The third-order valence-corrected chi connectivity index (χ3v) is 3.45. The first-order chi connectivity index (χ1) is 9.65. The highest BCUT2D eigenvalue weighted by Gasteiger charge is 2.21. The van der Waals surface area contributed by atoms with E-state index in [1.807, 2.05) is 17.0 Å². The van der Waals surface area contributed by atoms with Crippen molar-refractivity contribution < 1.29 is 9.59 Å². The molecule has 0 aliphatic carbocycles. The first-order valence-corrected chi connectivity index (χ1v) is 6.84. The van der Waals surface area contributed by atoms with E-state index in [9.17, 15) is 9.59 Å². The van der Waals surface area contributed by atoms with Gasteiger partial charge in [0.1, 0.15) is 0 Å². The van der Waals surface area contributed by atoms with Gasteiger partial charge < -0.3 is 15.5 Å². The number of likely N-dealkylation sites (tertiary alicyclic amines) is 1. The van der Waals surface area contributed by atoms with Gasteiger partial charge in [-0.2, -0.15) is 0 Å². The van der Waals surface area contributed by atoms with Gasteiger partial charge in [0.25, 0.3) is 0 Å². The van der Waals surface area contributed by atoms with Crippen molar-refractivity contribution in [3.05, 3.63) is 30.1 Å². The summed E-state index contributed by atoms with van der Waals surface area (Å²) in [6.07, 6.45) is 5.04. The van der Waals surface area contributed by atoms with Crippen LogP contribution in [0.15, 0.2) is 24.5 Å². The van der Waals surface area contributed by atoms with Crippen molar-refractivity contribution in [1.29, 1.82) is 0 Å². The lowest BCUT2D eigenvalue weighted by atomic mass is 10.1. The Kier molecular flexibility index (Phi) is 4.92. The Morgan fingerprint density at radius 3 is 2.75 bits per heavy atom. The molecule has 0 spiro atoms. The third-order valence-electron chi connectivity index (χ3n) is 3.45. The lowest BCUT2D eigenvalue weighted by molar-refractivity contribution is -0.129. The van der Waals surface area contributed by atoms with E-state index in [0.717, 1.165) is 18.4 Å². The van der Waals surface area contributed by atoms with Crippen LogP contribution in [0.2, 0.25) is 0 Å². The normalized spacial score (nSPS) is 15.8. The van der Waals surface area contributed by atoms with Gasteiger partial charge in [-0.05, 0) is 24.5 Å². The number of carbonyl (C=O) groups excluding carboxylic acids is 2. The van der Waals surface area contributed by atoms with Crippen LogP contribution in [-0.4, -0.2) is 41.0 Å². The van der Waals surface area contributed by atoms with Gasteiger partial charge in [0.05, 0.1) is 0 Å². The summed E-state index contributed by atoms with van der Waals surface area (Å²) >= 11 is 0. The summed E-state index contributed by atoms with van der Waals surface area (Å²) in [5.74, 6) is 0.101. The zero-order valence-electron chi connectivity index (χ0n) is 11.6. The number of rotatable bonds is 3. The molecular weight excluding hydrogens is 256 g/mol. The average Bonchev–Trinajstić information content (AvgIpc) is 2.47. The number of aromatic nitrogens is 1. The first-order valence-electron chi connectivity index (χ1n) is 6.84. The van der Waals surface area contributed by atoms with Crippen molar-refractivity contribution in [2.24, 2.45) is 0 Å². The molecule has 1 aromatic rings. The predicted octanol–water partition coefficient (Wildman–Crippen LogP) is 0.892. The number of pyridine rings is 1. The van der Waals surface area contributed by atoms with Gasteiger partial charge in [0.15, 0.2) is 0 Å². The number of nitrogens with zero attached hydrogens (tertiary/aromatic N) is 2. The molecule has 0 radical (unpaired) electrons. The maximum atomic E-state index is 11.8. The molecule has 6 heteroatoms. The third kappa shape index (κ3) is 4.22. The van der Waals surface area contributed by atoms with E-state index in [4.69, 9.17) is 0 Å². The predicted molar refractivity (Wildman–Crippen MR) is 74.9 cm³/mol. The number of carbonyl (C=O) groups is 2. The molecule has 20 heavy (non-hydrogen) atoms. The lowest BCUT2D eigenvalue weighted by Gasteiger charge is -2.31. The highest BCUT2D eigenvalue weighted by atomic mass is 16.2. The number of amides is 3. The fourth-order valence-corrected chi connectivity index (χ4v) is 2.26. The van der Waals surface area contributed by atoms with Crippen LogP contribution in [0.4, 0.5) is 4.79 Å². The lowest BCUT2D eigenvalue weighted by Crippen LogP contribution is -2.48. The zero-order chi connectivity index (χ0) is 14.4. The Labute approximate surface area is 118 Å². The Morgan fingerprint density at radius 2 is 2.15 bits per heavy atom. The van der Waals surface area contributed by atoms with Crippen LogP contribution in [0, 0.1) is 0 Å². The molecule has 1 aliphatic rings. The number of piperidine rings is 1. The number of nitrogens with one attached hydrogen (secondary N) is 2. The molecular formula is C14H20N4O2. The van der Waals surface area contributed by atoms with Crippen LogP contribution >= 0.6 is 0 Å². The fourth-order valence-electron chi connectivity index (χ4n) is 2.26. The van der Waals surface area contributed by atoms with Gasteiger partial charge in [0.2, 0.25) is 5.91 Å². The summed E-state index contributed by atoms with van der Waals surface area (Å²) in [6.45, 7) is 3.46. The topological polar surface area (TPSA) is 74.3 Å². The smallest absolute Gasteiger partial charge is 0.315 e. The van der Waals surface area contributed by atoms with E-state index in [1.54, 1.807) is 19.3 Å². The van der Waals surface area contributed by atoms with E-state index in [-0.39, 0.29) is 18.0 Å². The zero-order valence-corrected chi connectivity index (χ0v) is 11.6. The Morgan fingerprint density at radius 1 is 1.40 bits per heavy atom. The van der Waals surface area contributed by atoms with Gasteiger partial charge in [-0.25, -0.2) is 4.79 Å². The number of hydrogen-bond acceptors (Lipinski definition) is 3. The molecule has 6 nitrogen and oxygen atoms in total. The molecule has 1 aromatic heterocycles. The summed E-state index contributed by atoms with van der Waals surface area (Å²) in [4.78, 5) is 28.8. The van der Waals surface area contributed by atoms with Gasteiger partial charge in [0, 0.05) is 45.0 Å². The van der Waals surface area contributed by atoms with E-state index >= 15 is 0 Å². The van der Waals surface area contributed by atoms with Crippen molar-refractivity contribution >= 4 is 11.9 Å². The van der Waals surface area contributed by atoms with Gasteiger partial charge in [-0.1, -0.05) is 6.07 Å². The van der Waals surface area contributed by atoms with Crippen molar-refractivity contribution in [3.63, 3.8) is 0 Å². The molecule has 2 heterocycles. The van der Waals surface area contributed by atoms with Crippen LogP contribution < -0.4 is 10.6 Å². The maximum Gasteiger partial charge on any atom is 0.315 e. The molecule has 3 amide bonds. The van der Waals surface area contributed by atoms with Crippen molar-refractivity contribution in [2.45, 2.75) is 32.4 Å². The van der Waals surface area contributed by atoms with Crippen molar-refractivity contribution in [2.75, 3.05) is 13.1 Å². The summed E-state index contributed by atoms with van der Waals surface area (Å²) in [5.41, 5.74) is 0.967. The standard InChI is InChI=1S/C14H20N4O2/c1-11(19)18-7-4-13(5-8-18)17-14(20)16-10-12-3-2-6-15-9-12/h2-3,6,9,13H,4-5,7-8,10H2,1H3,(H2,16,17,20). The van der Waals surface area contributed by atoms with Crippen molar-refractivity contribution in [3.8, 4) is 0 Å². The second kappa shape index (κ2) is 6.88. The van der Waals surface area contributed by atoms with E-state index in [2.05, 4.69) is 15.6 Å². The van der Waals surface area contributed by atoms with Gasteiger partial charge in [-0.3, -0.25) is 9.78 Å². The van der Waals surface area contributed by atoms with E-state index in [1.165, 1.54) is 0 Å². The highest BCUT2D eigenvalue weighted by Crippen LogP contribution is 2.10. The van der Waals surface area contributed by atoms with Crippen LogP contribution in [0.5, 0.6) is 0 Å². The monoisotopic (exact) mass is 276 g/mol.